The Morgan fingerprint density at radius 3 is 3.06 bits per heavy atom. The van der Waals surface area contributed by atoms with Crippen LogP contribution in [-0.2, 0) is 22.4 Å². The summed E-state index contributed by atoms with van der Waals surface area (Å²) in [5.74, 6) is 1.12. The maximum Gasteiger partial charge on any atom is 0.326 e. The summed E-state index contributed by atoms with van der Waals surface area (Å²) in [4.78, 5) is 24.9. The number of carboxylic acids is 1. The minimum Gasteiger partial charge on any atom is -0.480 e. The van der Waals surface area contributed by atoms with E-state index in [-0.39, 0.29) is 0 Å². The molecule has 1 aromatic rings. The van der Waals surface area contributed by atoms with Crippen molar-refractivity contribution in [2.75, 3.05) is 5.75 Å². The highest BCUT2D eigenvalue weighted by molar-refractivity contribution is 7.98. The number of carboxylic acid groups (broad SMARTS) is 1. The van der Waals surface area contributed by atoms with Crippen LogP contribution < -0.4 is 5.32 Å². The normalized spacial score (nSPS) is 12.1. The van der Waals surface area contributed by atoms with Crippen LogP contribution in [0.5, 0.6) is 0 Å². The van der Waals surface area contributed by atoms with Gasteiger partial charge in [-0.25, -0.2) is 9.78 Å². The van der Waals surface area contributed by atoms with Gasteiger partial charge in [-0.15, -0.1) is 0 Å². The number of aryl methyl sites for hydroxylation is 1. The first-order valence-electron chi connectivity index (χ1n) is 4.98. The third-order valence-corrected chi connectivity index (χ3v) is 3.14. The minimum atomic E-state index is -1.02. The van der Waals surface area contributed by atoms with Gasteiger partial charge in [0.05, 0.1) is 5.75 Å². The Kier molecular flexibility index (Phi) is 5.47. The second kappa shape index (κ2) is 6.89. The van der Waals surface area contributed by atoms with Gasteiger partial charge in [0.15, 0.2) is 0 Å². The molecule has 1 amide bonds. The fraction of sp³-hybridized carbons (Fsp3) is 0.556. The molecule has 0 aliphatic heterocycles. The fourth-order valence-corrected chi connectivity index (χ4v) is 2.17. The number of carbonyl (C=O) groups is 2. The lowest BCUT2D eigenvalue weighted by molar-refractivity contribution is -0.140. The molecule has 0 aromatic carbocycles. The quantitative estimate of drug-likeness (QED) is 0.488. The van der Waals surface area contributed by atoms with E-state index in [0.717, 1.165) is 5.82 Å². The number of aliphatic carboxylic acids is 1. The SMILES string of the molecule is Cn1ncnc1CSCCC(NC=O)C(=O)O. The third-order valence-electron chi connectivity index (χ3n) is 2.15. The Balaban J connectivity index is 2.25. The van der Waals surface area contributed by atoms with Crippen molar-refractivity contribution >= 4 is 24.1 Å². The largest absolute Gasteiger partial charge is 0.480 e. The molecule has 1 rings (SSSR count). The Hall–Kier alpha value is -1.57. The van der Waals surface area contributed by atoms with Crippen molar-refractivity contribution in [1.82, 2.24) is 20.1 Å². The molecule has 1 atom stereocenters. The molecule has 1 aromatic heterocycles. The average molecular weight is 258 g/mol. The molecule has 0 spiro atoms. The molecule has 2 N–H and O–H groups in total. The van der Waals surface area contributed by atoms with Crippen LogP contribution in [0.4, 0.5) is 0 Å². The first-order chi connectivity index (χ1) is 8.15. The molecular weight excluding hydrogens is 244 g/mol. The number of hydrogen-bond acceptors (Lipinski definition) is 5. The number of aromatic nitrogens is 3. The van der Waals surface area contributed by atoms with E-state index >= 15 is 0 Å². The van der Waals surface area contributed by atoms with E-state index in [2.05, 4.69) is 15.4 Å². The van der Waals surface area contributed by atoms with Crippen LogP contribution in [0.15, 0.2) is 6.33 Å². The van der Waals surface area contributed by atoms with Crippen molar-refractivity contribution in [2.45, 2.75) is 18.2 Å². The highest BCUT2D eigenvalue weighted by atomic mass is 32.2. The van der Waals surface area contributed by atoms with Crippen molar-refractivity contribution in [2.24, 2.45) is 7.05 Å². The molecule has 94 valence electrons. The zero-order valence-corrected chi connectivity index (χ0v) is 10.2. The van der Waals surface area contributed by atoms with E-state index < -0.39 is 12.0 Å². The van der Waals surface area contributed by atoms with Gasteiger partial charge in [-0.3, -0.25) is 9.48 Å². The molecule has 0 saturated carbocycles. The van der Waals surface area contributed by atoms with Gasteiger partial charge in [-0.05, 0) is 12.2 Å². The van der Waals surface area contributed by atoms with Crippen LogP contribution in [0.2, 0.25) is 0 Å². The summed E-state index contributed by atoms with van der Waals surface area (Å²) >= 11 is 1.55. The van der Waals surface area contributed by atoms with Gasteiger partial charge in [0.1, 0.15) is 18.2 Å². The van der Waals surface area contributed by atoms with E-state index in [4.69, 9.17) is 5.11 Å². The number of amides is 1. The van der Waals surface area contributed by atoms with Gasteiger partial charge in [0.25, 0.3) is 0 Å². The molecule has 0 saturated heterocycles. The van der Waals surface area contributed by atoms with Crippen LogP contribution in [0, 0.1) is 0 Å². The Morgan fingerprint density at radius 2 is 2.53 bits per heavy atom. The van der Waals surface area contributed by atoms with E-state index in [1.165, 1.54) is 6.33 Å². The van der Waals surface area contributed by atoms with Crippen molar-refractivity contribution in [3.05, 3.63) is 12.2 Å². The number of carbonyl (C=O) groups excluding carboxylic acids is 1. The van der Waals surface area contributed by atoms with Crippen molar-refractivity contribution in [3.8, 4) is 0 Å². The summed E-state index contributed by atoms with van der Waals surface area (Å²) in [7, 11) is 1.80. The maximum atomic E-state index is 10.7. The molecule has 7 nitrogen and oxygen atoms in total. The molecular formula is C9H14N4O3S. The molecule has 0 fully saturated rings. The molecule has 1 heterocycles. The zero-order valence-electron chi connectivity index (χ0n) is 9.37. The lowest BCUT2D eigenvalue weighted by Gasteiger charge is -2.10. The summed E-state index contributed by atoms with van der Waals surface area (Å²) in [6.45, 7) is 0. The molecule has 0 aliphatic carbocycles. The van der Waals surface area contributed by atoms with Gasteiger partial charge < -0.3 is 10.4 Å². The lowest BCUT2D eigenvalue weighted by Crippen LogP contribution is -2.36. The zero-order chi connectivity index (χ0) is 12.7. The third kappa shape index (κ3) is 4.43. The summed E-state index contributed by atoms with van der Waals surface area (Å²) in [6.07, 6.45) is 2.27. The number of hydrogen-bond donors (Lipinski definition) is 2. The van der Waals surface area contributed by atoms with Gasteiger partial charge >= 0.3 is 5.97 Å². The van der Waals surface area contributed by atoms with E-state index in [0.29, 0.717) is 24.3 Å². The highest BCUT2D eigenvalue weighted by Gasteiger charge is 2.15. The number of nitrogens with one attached hydrogen (secondary N) is 1. The molecule has 0 bridgehead atoms. The van der Waals surface area contributed by atoms with Crippen LogP contribution in [-0.4, -0.2) is 44.0 Å². The van der Waals surface area contributed by atoms with E-state index in [1.807, 2.05) is 0 Å². The molecule has 0 radical (unpaired) electrons. The lowest BCUT2D eigenvalue weighted by atomic mass is 10.2. The smallest absolute Gasteiger partial charge is 0.326 e. The Labute approximate surface area is 103 Å². The summed E-state index contributed by atoms with van der Waals surface area (Å²) in [6, 6.07) is -0.820. The summed E-state index contributed by atoms with van der Waals surface area (Å²) in [5.41, 5.74) is 0. The van der Waals surface area contributed by atoms with Crippen molar-refractivity contribution in [3.63, 3.8) is 0 Å². The van der Waals surface area contributed by atoms with E-state index in [1.54, 1.807) is 23.5 Å². The Bertz CT molecular complexity index is 382. The predicted molar refractivity (Wildman–Crippen MR) is 62.4 cm³/mol. The molecule has 17 heavy (non-hydrogen) atoms. The van der Waals surface area contributed by atoms with Crippen molar-refractivity contribution < 1.29 is 14.7 Å². The summed E-state index contributed by atoms with van der Waals surface area (Å²) in [5, 5.41) is 15.0. The first kappa shape index (κ1) is 13.5. The topological polar surface area (TPSA) is 97.1 Å². The van der Waals surface area contributed by atoms with Gasteiger partial charge in [-0.2, -0.15) is 16.9 Å². The van der Waals surface area contributed by atoms with Crippen molar-refractivity contribution in [1.29, 1.82) is 0 Å². The predicted octanol–water partition coefficient (Wildman–Crippen LogP) is -0.362. The number of nitrogens with zero attached hydrogens (tertiary/aromatic N) is 3. The van der Waals surface area contributed by atoms with Gasteiger partial charge in [0.2, 0.25) is 6.41 Å². The number of rotatable bonds is 8. The van der Waals surface area contributed by atoms with Gasteiger partial charge in [-0.1, -0.05) is 0 Å². The van der Waals surface area contributed by atoms with Crippen LogP contribution >= 0.6 is 11.8 Å². The van der Waals surface area contributed by atoms with E-state index in [9.17, 15) is 9.59 Å². The number of thioether (sulfide) groups is 1. The second-order valence-electron chi connectivity index (χ2n) is 3.32. The standard InChI is InChI=1S/C9H14N4O3S/c1-13-8(10-5-12-13)4-17-3-2-7(9(15)16)11-6-14/h5-7H,2-4H2,1H3,(H,11,14)(H,15,16). The molecule has 1 unspecified atom stereocenters. The van der Waals surface area contributed by atoms with Crippen LogP contribution in [0.3, 0.4) is 0 Å². The second-order valence-corrected chi connectivity index (χ2v) is 4.42. The monoisotopic (exact) mass is 258 g/mol. The Morgan fingerprint density at radius 1 is 1.76 bits per heavy atom. The summed E-state index contributed by atoms with van der Waals surface area (Å²) < 4.78 is 1.67. The van der Waals surface area contributed by atoms with Crippen LogP contribution in [0.25, 0.3) is 0 Å². The molecule has 0 aliphatic rings. The highest BCUT2D eigenvalue weighted by Crippen LogP contribution is 2.11. The maximum absolute atomic E-state index is 10.7. The van der Waals surface area contributed by atoms with Gasteiger partial charge in [0, 0.05) is 7.05 Å². The van der Waals surface area contributed by atoms with Crippen LogP contribution in [0.1, 0.15) is 12.2 Å². The minimum absolute atomic E-state index is 0.386. The molecule has 8 heteroatoms. The first-order valence-corrected chi connectivity index (χ1v) is 6.13. The fourth-order valence-electron chi connectivity index (χ4n) is 1.18. The average Bonchev–Trinajstić information content (AvgIpc) is 2.68.